The number of anilines is 1. The van der Waals surface area contributed by atoms with Gasteiger partial charge >= 0.3 is 23.5 Å². The summed E-state index contributed by atoms with van der Waals surface area (Å²) in [6.07, 6.45) is -6.52. The zero-order valence-corrected chi connectivity index (χ0v) is 31.3. The van der Waals surface area contributed by atoms with Crippen LogP contribution in [0.3, 0.4) is 0 Å². The number of thioether (sulfide) groups is 1. The van der Waals surface area contributed by atoms with Crippen molar-refractivity contribution in [2.45, 2.75) is 64.3 Å². The molecule has 7 atom stereocenters. The number of nitrogens with two attached hydrogens (primary N) is 1. The highest BCUT2D eigenvalue weighted by Gasteiger charge is 2.50. The summed E-state index contributed by atoms with van der Waals surface area (Å²) in [6.45, 7) is 2.24. The molecule has 2 unspecified atom stereocenters. The number of imidazole rings is 1. The molecule has 10 N–H and O–H groups in total. The van der Waals surface area contributed by atoms with E-state index in [9.17, 15) is 57.9 Å². The number of rotatable bonds is 20. The molecule has 2 amide bonds. The van der Waals surface area contributed by atoms with E-state index in [0.29, 0.717) is 12.2 Å². The number of hydrogen-bond acceptors (Lipinski definition) is 18. The lowest BCUT2D eigenvalue weighted by atomic mass is 9.87. The van der Waals surface area contributed by atoms with Gasteiger partial charge in [0, 0.05) is 37.1 Å². The second-order valence-electron chi connectivity index (χ2n) is 11.6. The Balaban J connectivity index is 1.54. The molecule has 2 aromatic heterocycles. The molecule has 0 spiro atoms. The fourth-order valence-electron chi connectivity index (χ4n) is 4.40. The van der Waals surface area contributed by atoms with Gasteiger partial charge in [-0.25, -0.2) is 28.6 Å². The van der Waals surface area contributed by atoms with E-state index in [1.807, 2.05) is 0 Å². The van der Waals surface area contributed by atoms with E-state index < -0.39 is 84.6 Å². The first-order valence-corrected chi connectivity index (χ1v) is 20.6. The monoisotopic (exact) mass is 823 g/mol. The summed E-state index contributed by atoms with van der Waals surface area (Å²) in [7, 11) is -16.4. The molecule has 1 aliphatic heterocycles. The lowest BCUT2D eigenvalue weighted by molar-refractivity contribution is -0.137. The second-order valence-corrected chi connectivity index (χ2v) is 17.0. The number of carbonyl (C=O) groups is 3. The molecule has 2 aromatic rings. The molecule has 0 radical (unpaired) electrons. The van der Waals surface area contributed by atoms with Crippen LogP contribution < -0.4 is 16.4 Å². The third-order valence-electron chi connectivity index (χ3n) is 7.05. The molecule has 1 fully saturated rings. The van der Waals surface area contributed by atoms with Crippen LogP contribution in [-0.2, 0) is 50.7 Å². The van der Waals surface area contributed by atoms with Crippen LogP contribution in [0.5, 0.6) is 0 Å². The van der Waals surface area contributed by atoms with Gasteiger partial charge in [-0.05, 0) is 0 Å². The summed E-state index contributed by atoms with van der Waals surface area (Å²) in [4.78, 5) is 86.4. The third-order valence-corrected chi connectivity index (χ3v) is 11.2. The first-order chi connectivity index (χ1) is 24.1. The summed E-state index contributed by atoms with van der Waals surface area (Å²) in [6, 6.07) is 0. The quantitative estimate of drug-likeness (QED) is 0.0575. The van der Waals surface area contributed by atoms with E-state index in [1.54, 1.807) is 6.92 Å². The molecular formula is C24H40N7O17P3S. The molecule has 1 saturated heterocycles. The van der Waals surface area contributed by atoms with Crippen molar-refractivity contribution in [1.29, 1.82) is 0 Å². The lowest BCUT2D eigenvalue weighted by Crippen LogP contribution is -2.46. The van der Waals surface area contributed by atoms with Gasteiger partial charge in [-0.2, -0.15) is 4.31 Å². The number of aliphatic hydroxyl groups is 2. The Labute approximate surface area is 299 Å². The SMILES string of the molecule is CCC(=O)SCCNC(=O)CCNC(=O)[C@H](O)C(C)(C)COP(=O)(O)OP(=O)(O)OC[C@@H]1O[C@@H](n2cnc3c(N)ncnc32)[C@H](O)[C@@H]1OP(=O)(O)O. The van der Waals surface area contributed by atoms with Crippen LogP contribution in [0, 0.1) is 5.41 Å². The van der Waals surface area contributed by atoms with Gasteiger partial charge in [0.25, 0.3) is 0 Å². The number of nitrogens with zero attached hydrogens (tertiary/aromatic N) is 4. The number of nitrogens with one attached hydrogen (secondary N) is 2. The number of carbonyl (C=O) groups excluding carboxylic acids is 3. The van der Waals surface area contributed by atoms with Crippen LogP contribution in [0.1, 0.15) is 39.8 Å². The molecule has 3 heterocycles. The summed E-state index contributed by atoms with van der Waals surface area (Å²) in [5, 5.41) is 26.2. The molecule has 1 aliphatic rings. The van der Waals surface area contributed by atoms with E-state index >= 15 is 0 Å². The van der Waals surface area contributed by atoms with E-state index in [2.05, 4.69) is 34.4 Å². The highest BCUT2D eigenvalue weighted by atomic mass is 32.2. The van der Waals surface area contributed by atoms with Crippen molar-refractivity contribution >= 4 is 69.1 Å². The van der Waals surface area contributed by atoms with Gasteiger partial charge < -0.3 is 50.9 Å². The number of fused-ring (bicyclic) bond motifs is 1. The highest BCUT2D eigenvalue weighted by molar-refractivity contribution is 8.13. The Morgan fingerprint density at radius 2 is 1.75 bits per heavy atom. The van der Waals surface area contributed by atoms with Gasteiger partial charge in [0.2, 0.25) is 11.8 Å². The molecule has 0 aromatic carbocycles. The normalized spacial score (nSPS) is 22.4. The molecular weight excluding hydrogens is 783 g/mol. The smallest absolute Gasteiger partial charge is 0.386 e. The zero-order chi connectivity index (χ0) is 39.1. The number of aliphatic hydroxyl groups excluding tert-OH is 2. The van der Waals surface area contributed by atoms with Gasteiger partial charge in [-0.15, -0.1) is 0 Å². The molecule has 0 saturated carbocycles. The Morgan fingerprint density at radius 3 is 2.40 bits per heavy atom. The summed E-state index contributed by atoms with van der Waals surface area (Å²) < 4.78 is 61.9. The van der Waals surface area contributed by atoms with Gasteiger partial charge in [0.1, 0.15) is 36.3 Å². The number of hydrogen-bond donors (Lipinski definition) is 9. The highest BCUT2D eigenvalue weighted by Crippen LogP contribution is 2.61. The van der Waals surface area contributed by atoms with Crippen molar-refractivity contribution in [2.75, 3.05) is 37.8 Å². The van der Waals surface area contributed by atoms with Gasteiger partial charge in [0.05, 0.1) is 19.5 Å². The molecule has 52 heavy (non-hydrogen) atoms. The van der Waals surface area contributed by atoms with Crippen molar-refractivity contribution in [3.05, 3.63) is 12.7 Å². The number of aromatic nitrogens is 4. The molecule has 294 valence electrons. The predicted octanol–water partition coefficient (Wildman–Crippen LogP) is -0.925. The van der Waals surface area contributed by atoms with Crippen molar-refractivity contribution in [1.82, 2.24) is 30.2 Å². The maximum absolute atomic E-state index is 12.6. The molecule has 3 rings (SSSR count). The van der Waals surface area contributed by atoms with Crippen LogP contribution in [0.15, 0.2) is 12.7 Å². The number of ether oxygens (including phenoxy) is 1. The van der Waals surface area contributed by atoms with Crippen molar-refractivity contribution in [3.63, 3.8) is 0 Å². The largest absolute Gasteiger partial charge is 0.481 e. The van der Waals surface area contributed by atoms with Crippen LogP contribution in [0.25, 0.3) is 11.2 Å². The predicted molar refractivity (Wildman–Crippen MR) is 177 cm³/mol. The maximum atomic E-state index is 12.6. The molecule has 24 nitrogen and oxygen atoms in total. The van der Waals surface area contributed by atoms with E-state index in [-0.39, 0.29) is 41.6 Å². The number of amides is 2. The van der Waals surface area contributed by atoms with Crippen molar-refractivity contribution in [2.24, 2.45) is 5.41 Å². The minimum absolute atomic E-state index is 0.0221. The average molecular weight is 824 g/mol. The van der Waals surface area contributed by atoms with Crippen molar-refractivity contribution in [3.8, 4) is 0 Å². The third kappa shape index (κ3) is 12.9. The van der Waals surface area contributed by atoms with E-state index in [1.165, 1.54) is 13.8 Å². The average Bonchev–Trinajstić information content (AvgIpc) is 3.60. The number of phosphoric acid groups is 3. The number of nitrogen functional groups attached to an aromatic ring is 1. The summed E-state index contributed by atoms with van der Waals surface area (Å²) in [5.41, 5.74) is 4.26. The molecule has 0 aliphatic carbocycles. The fraction of sp³-hybridized carbons (Fsp3) is 0.667. The minimum atomic E-state index is -5.56. The lowest BCUT2D eigenvalue weighted by Gasteiger charge is -2.30. The summed E-state index contributed by atoms with van der Waals surface area (Å²) >= 11 is 1.07. The fourth-order valence-corrected chi connectivity index (χ4v) is 7.86. The molecule has 28 heteroatoms. The zero-order valence-electron chi connectivity index (χ0n) is 27.8. The molecule has 0 bridgehead atoms. The standard InChI is InChI=1S/C24H40N7O17P3S/c1-4-15(33)52-8-7-26-14(32)5-6-27-22(36)19(35)24(2,3)10-45-51(42,43)48-50(40,41)44-9-13-18(47-49(37,38)39)17(34)23(46-13)31-12-30-16-20(25)28-11-29-21(16)31/h11-13,17-19,23,34-35H,4-10H2,1-3H3,(H,26,32)(H,27,36)(H,40,41)(H,42,43)(H2,25,28,29)(H2,37,38,39)/t13-,17+,18+,19-,23+/m0/s1. The topological polar surface area (TPSA) is 364 Å². The number of phosphoric ester groups is 3. The Bertz CT molecular complexity index is 1730. The Morgan fingerprint density at radius 1 is 1.08 bits per heavy atom. The van der Waals surface area contributed by atoms with Crippen LogP contribution in [0.2, 0.25) is 0 Å². The van der Waals surface area contributed by atoms with Crippen molar-refractivity contribution < 1.29 is 80.5 Å². The first kappa shape index (κ1) is 44.0. The van der Waals surface area contributed by atoms with Crippen LogP contribution in [0.4, 0.5) is 5.82 Å². The first-order valence-electron chi connectivity index (χ1n) is 15.1. The Kier molecular flexibility index (Phi) is 15.4. The van der Waals surface area contributed by atoms with Crippen LogP contribution in [-0.4, -0.2) is 123 Å². The maximum Gasteiger partial charge on any atom is 0.481 e. The van der Waals surface area contributed by atoms with Gasteiger partial charge in [-0.3, -0.25) is 32.5 Å². The van der Waals surface area contributed by atoms with E-state index in [4.69, 9.17) is 19.5 Å². The minimum Gasteiger partial charge on any atom is -0.386 e. The van der Waals surface area contributed by atoms with Gasteiger partial charge in [-0.1, -0.05) is 32.5 Å². The van der Waals surface area contributed by atoms with Crippen LogP contribution >= 0.6 is 35.2 Å². The Hall–Kier alpha value is -2.44. The van der Waals surface area contributed by atoms with E-state index in [0.717, 1.165) is 29.0 Å². The summed E-state index contributed by atoms with van der Waals surface area (Å²) in [5.74, 6) is -1.07. The second kappa shape index (κ2) is 18.3. The van der Waals surface area contributed by atoms with Gasteiger partial charge in [0.15, 0.2) is 22.8 Å².